The molecule has 1 saturated heterocycles. The molecule has 1 aliphatic heterocycles. The highest BCUT2D eigenvalue weighted by Crippen LogP contribution is 2.27. The molecule has 4 nitrogen and oxygen atoms in total. The van der Waals surface area contributed by atoms with Gasteiger partial charge in [-0.1, -0.05) is 24.3 Å². The van der Waals surface area contributed by atoms with E-state index < -0.39 is 5.97 Å². The van der Waals surface area contributed by atoms with Crippen LogP contribution in [0.3, 0.4) is 0 Å². The van der Waals surface area contributed by atoms with Gasteiger partial charge in [-0.25, -0.2) is 4.79 Å². The summed E-state index contributed by atoms with van der Waals surface area (Å²) in [6.07, 6.45) is 2.29. The molecule has 110 valence electrons. The summed E-state index contributed by atoms with van der Waals surface area (Å²) in [5.74, 6) is -0.569. The number of carboxylic acid groups (broad SMARTS) is 1. The van der Waals surface area contributed by atoms with Gasteiger partial charge in [-0.15, -0.1) is 0 Å². The van der Waals surface area contributed by atoms with Crippen molar-refractivity contribution < 1.29 is 19.4 Å². The van der Waals surface area contributed by atoms with E-state index in [1.54, 1.807) is 12.1 Å². The monoisotopic (exact) mass is 286 g/mol. The second-order valence-electron chi connectivity index (χ2n) is 5.46. The third-order valence-corrected chi connectivity index (χ3v) is 3.82. The van der Waals surface area contributed by atoms with Crippen molar-refractivity contribution >= 4 is 16.7 Å². The highest BCUT2D eigenvalue weighted by Gasteiger charge is 2.23. The summed E-state index contributed by atoms with van der Waals surface area (Å²) in [5, 5.41) is 11.2. The average Bonchev–Trinajstić information content (AvgIpc) is 2.89. The molecule has 1 N–H and O–H groups in total. The molecule has 0 radical (unpaired) electrons. The Morgan fingerprint density at radius 2 is 2.00 bits per heavy atom. The van der Waals surface area contributed by atoms with Crippen LogP contribution in [-0.2, 0) is 4.74 Å². The zero-order valence-corrected chi connectivity index (χ0v) is 11.9. The maximum absolute atomic E-state index is 11.4. The first-order valence-corrected chi connectivity index (χ1v) is 7.18. The summed E-state index contributed by atoms with van der Waals surface area (Å²) < 4.78 is 11.4. The fourth-order valence-corrected chi connectivity index (χ4v) is 2.70. The van der Waals surface area contributed by atoms with E-state index in [9.17, 15) is 9.90 Å². The Morgan fingerprint density at radius 3 is 2.62 bits per heavy atom. The van der Waals surface area contributed by atoms with Gasteiger partial charge >= 0.3 is 5.97 Å². The SMILES string of the molecule is CC1CCC(COc2cc3ccccc3cc2C(=O)O)O1. The van der Waals surface area contributed by atoms with E-state index in [-0.39, 0.29) is 17.8 Å². The second-order valence-corrected chi connectivity index (χ2v) is 5.46. The van der Waals surface area contributed by atoms with Gasteiger partial charge in [-0.05, 0) is 42.7 Å². The van der Waals surface area contributed by atoms with Gasteiger partial charge < -0.3 is 14.6 Å². The molecule has 1 fully saturated rings. The van der Waals surface area contributed by atoms with Crippen molar-refractivity contribution in [3.8, 4) is 5.75 Å². The van der Waals surface area contributed by atoms with Crippen LogP contribution in [-0.4, -0.2) is 29.9 Å². The first-order chi connectivity index (χ1) is 10.1. The number of fused-ring (bicyclic) bond motifs is 1. The molecule has 0 bridgehead atoms. The van der Waals surface area contributed by atoms with Crippen LogP contribution in [0.4, 0.5) is 0 Å². The summed E-state index contributed by atoms with van der Waals surface area (Å²) in [5.41, 5.74) is 0.194. The maximum Gasteiger partial charge on any atom is 0.339 e. The van der Waals surface area contributed by atoms with Gasteiger partial charge in [0.05, 0.1) is 12.2 Å². The molecule has 3 rings (SSSR count). The highest BCUT2D eigenvalue weighted by molar-refractivity contribution is 5.97. The summed E-state index contributed by atoms with van der Waals surface area (Å²) in [6, 6.07) is 11.1. The van der Waals surface area contributed by atoms with E-state index in [0.717, 1.165) is 23.6 Å². The number of ether oxygens (including phenoxy) is 2. The fraction of sp³-hybridized carbons (Fsp3) is 0.353. The lowest BCUT2D eigenvalue weighted by molar-refractivity contribution is 0.0259. The number of hydrogen-bond acceptors (Lipinski definition) is 3. The lowest BCUT2D eigenvalue weighted by Gasteiger charge is -2.15. The third kappa shape index (κ3) is 3.00. The molecule has 2 aromatic carbocycles. The van der Waals surface area contributed by atoms with Crippen molar-refractivity contribution in [2.75, 3.05) is 6.61 Å². The first kappa shape index (κ1) is 13.9. The van der Waals surface area contributed by atoms with E-state index >= 15 is 0 Å². The lowest BCUT2D eigenvalue weighted by Crippen LogP contribution is -2.18. The van der Waals surface area contributed by atoms with Gasteiger partial charge in [-0.3, -0.25) is 0 Å². The zero-order valence-electron chi connectivity index (χ0n) is 11.9. The first-order valence-electron chi connectivity index (χ1n) is 7.18. The zero-order chi connectivity index (χ0) is 14.8. The van der Waals surface area contributed by atoms with Gasteiger partial charge in [0.15, 0.2) is 0 Å². The van der Waals surface area contributed by atoms with Crippen LogP contribution in [0.1, 0.15) is 30.1 Å². The Hall–Kier alpha value is -2.07. The summed E-state index contributed by atoms with van der Waals surface area (Å²) in [6.45, 7) is 2.43. The van der Waals surface area contributed by atoms with E-state index in [2.05, 4.69) is 0 Å². The summed E-state index contributed by atoms with van der Waals surface area (Å²) in [7, 11) is 0. The normalized spacial score (nSPS) is 21.6. The molecule has 2 atom stereocenters. The molecule has 0 aliphatic carbocycles. The van der Waals surface area contributed by atoms with Crippen LogP contribution in [0.5, 0.6) is 5.75 Å². The molecule has 2 unspecified atom stereocenters. The number of aromatic carboxylic acids is 1. The summed E-state index contributed by atoms with van der Waals surface area (Å²) in [4.78, 5) is 11.4. The second kappa shape index (κ2) is 5.74. The Labute approximate surface area is 123 Å². The predicted molar refractivity (Wildman–Crippen MR) is 80.0 cm³/mol. The van der Waals surface area contributed by atoms with Gasteiger partial charge in [0.25, 0.3) is 0 Å². The number of carbonyl (C=O) groups is 1. The Balaban J connectivity index is 1.85. The smallest absolute Gasteiger partial charge is 0.339 e. The van der Waals surface area contributed by atoms with E-state index in [4.69, 9.17) is 9.47 Å². The number of rotatable bonds is 4. The van der Waals surface area contributed by atoms with Crippen LogP contribution in [0, 0.1) is 0 Å². The molecule has 4 heteroatoms. The molecule has 1 aliphatic rings. The lowest BCUT2D eigenvalue weighted by atomic mass is 10.1. The molecule has 0 aromatic heterocycles. The molecular formula is C17H18O4. The number of hydrogen-bond donors (Lipinski definition) is 1. The van der Waals surface area contributed by atoms with Crippen LogP contribution in [0.15, 0.2) is 36.4 Å². The topological polar surface area (TPSA) is 55.8 Å². The van der Waals surface area contributed by atoms with Crippen LogP contribution >= 0.6 is 0 Å². The summed E-state index contributed by atoms with van der Waals surface area (Å²) >= 11 is 0. The minimum absolute atomic E-state index is 0.0492. The average molecular weight is 286 g/mol. The van der Waals surface area contributed by atoms with Gasteiger partial charge in [0.1, 0.15) is 17.9 Å². The van der Waals surface area contributed by atoms with Crippen molar-refractivity contribution in [2.45, 2.75) is 32.0 Å². The van der Waals surface area contributed by atoms with Crippen molar-refractivity contribution in [3.63, 3.8) is 0 Å². The minimum atomic E-state index is -0.975. The molecule has 1 heterocycles. The van der Waals surface area contributed by atoms with Crippen molar-refractivity contribution in [1.29, 1.82) is 0 Å². The maximum atomic E-state index is 11.4. The van der Waals surface area contributed by atoms with E-state index in [1.165, 1.54) is 0 Å². The van der Waals surface area contributed by atoms with E-state index in [0.29, 0.717) is 12.4 Å². The molecule has 21 heavy (non-hydrogen) atoms. The van der Waals surface area contributed by atoms with E-state index in [1.807, 2.05) is 31.2 Å². The quantitative estimate of drug-likeness (QED) is 0.934. The van der Waals surface area contributed by atoms with Crippen LogP contribution in [0.2, 0.25) is 0 Å². The van der Waals surface area contributed by atoms with Crippen LogP contribution in [0.25, 0.3) is 10.8 Å². The van der Waals surface area contributed by atoms with Gasteiger partial charge in [-0.2, -0.15) is 0 Å². The standard InChI is InChI=1S/C17H18O4/c1-11-6-7-14(21-11)10-20-16-9-13-5-3-2-4-12(13)8-15(16)17(18)19/h2-5,8-9,11,14H,6-7,10H2,1H3,(H,18,19). The third-order valence-electron chi connectivity index (χ3n) is 3.82. The highest BCUT2D eigenvalue weighted by atomic mass is 16.5. The molecule has 0 spiro atoms. The Kier molecular flexibility index (Phi) is 3.80. The molecule has 2 aromatic rings. The van der Waals surface area contributed by atoms with Crippen molar-refractivity contribution in [3.05, 3.63) is 42.0 Å². The van der Waals surface area contributed by atoms with Crippen LogP contribution < -0.4 is 4.74 Å². The number of benzene rings is 2. The fourth-order valence-electron chi connectivity index (χ4n) is 2.70. The number of carboxylic acids is 1. The molecule has 0 amide bonds. The van der Waals surface area contributed by atoms with Gasteiger partial charge in [0.2, 0.25) is 0 Å². The minimum Gasteiger partial charge on any atom is -0.490 e. The van der Waals surface area contributed by atoms with Crippen molar-refractivity contribution in [1.82, 2.24) is 0 Å². The van der Waals surface area contributed by atoms with Crippen molar-refractivity contribution in [2.24, 2.45) is 0 Å². The predicted octanol–water partition coefficient (Wildman–Crippen LogP) is 3.48. The molecule has 0 saturated carbocycles. The van der Waals surface area contributed by atoms with Gasteiger partial charge in [0, 0.05) is 0 Å². The molecular weight excluding hydrogens is 268 g/mol. The Morgan fingerprint density at radius 1 is 1.29 bits per heavy atom. The largest absolute Gasteiger partial charge is 0.490 e. The Bertz CT molecular complexity index is 665.